The van der Waals surface area contributed by atoms with Gasteiger partial charge < -0.3 is 4.79 Å². The molecule has 0 aliphatic heterocycles. The van der Waals surface area contributed by atoms with Crippen LogP contribution in [-0.2, 0) is 0 Å². The van der Waals surface area contributed by atoms with E-state index in [-0.39, 0.29) is 5.68 Å². The van der Waals surface area contributed by atoms with Crippen molar-refractivity contribution in [2.75, 3.05) is 0 Å². The fourth-order valence-electron chi connectivity index (χ4n) is 1.51. The minimum Gasteiger partial charge on any atom is -0.307 e. The van der Waals surface area contributed by atoms with Crippen LogP contribution in [0.5, 0.6) is 0 Å². The van der Waals surface area contributed by atoms with Crippen LogP contribution < -0.4 is 0 Å². The van der Waals surface area contributed by atoms with Gasteiger partial charge in [-0.15, -0.1) is 0 Å². The van der Waals surface area contributed by atoms with Gasteiger partial charge in [-0.1, -0.05) is 43.2 Å². The first kappa shape index (κ1) is 9.01. The molecule has 0 fully saturated rings. The zero-order chi connectivity index (χ0) is 9.97. The van der Waals surface area contributed by atoms with Gasteiger partial charge in [0.2, 0.25) is 7.28 Å². The zero-order valence-electron chi connectivity index (χ0n) is 8.03. The van der Waals surface area contributed by atoms with Crippen molar-refractivity contribution in [1.29, 1.82) is 0 Å². The summed E-state index contributed by atoms with van der Waals surface area (Å²) in [5.74, 6) is 0. The molecule has 14 heavy (non-hydrogen) atoms. The third-order valence-corrected chi connectivity index (χ3v) is 2.30. The topological polar surface area (TPSA) is 17.1 Å². The SMILES string of the molecule is C[B]C(=O)c1ccc2ccccc2c1. The Morgan fingerprint density at radius 1 is 1.07 bits per heavy atom. The molecule has 0 aliphatic carbocycles. The molecule has 0 saturated carbocycles. The summed E-state index contributed by atoms with van der Waals surface area (Å²) in [4.78, 5) is 11.4. The highest BCUT2D eigenvalue weighted by molar-refractivity contribution is 6.76. The summed E-state index contributed by atoms with van der Waals surface area (Å²) < 4.78 is 0. The van der Waals surface area contributed by atoms with E-state index in [9.17, 15) is 4.79 Å². The zero-order valence-corrected chi connectivity index (χ0v) is 8.03. The lowest BCUT2D eigenvalue weighted by molar-refractivity contribution is 0.107. The Kier molecular flexibility index (Phi) is 2.36. The lowest BCUT2D eigenvalue weighted by atomic mass is 9.73. The summed E-state index contributed by atoms with van der Waals surface area (Å²) in [6.45, 7) is 1.76. The van der Waals surface area contributed by atoms with Crippen molar-refractivity contribution in [3.8, 4) is 0 Å². The smallest absolute Gasteiger partial charge is 0.205 e. The average Bonchev–Trinajstić information content (AvgIpc) is 2.27. The van der Waals surface area contributed by atoms with Crippen LogP contribution in [-0.4, -0.2) is 13.0 Å². The van der Waals surface area contributed by atoms with E-state index in [1.54, 1.807) is 14.1 Å². The van der Waals surface area contributed by atoms with Crippen LogP contribution >= 0.6 is 0 Å². The molecule has 0 bridgehead atoms. The van der Waals surface area contributed by atoms with Gasteiger partial charge in [-0.2, -0.15) is 0 Å². The van der Waals surface area contributed by atoms with E-state index >= 15 is 0 Å². The maximum absolute atomic E-state index is 11.4. The van der Waals surface area contributed by atoms with Crippen LogP contribution in [0.1, 0.15) is 10.4 Å². The van der Waals surface area contributed by atoms with Crippen LogP contribution in [0.4, 0.5) is 0 Å². The summed E-state index contributed by atoms with van der Waals surface area (Å²) in [6, 6.07) is 13.8. The highest BCUT2D eigenvalue weighted by atomic mass is 16.1. The lowest BCUT2D eigenvalue weighted by Crippen LogP contribution is -2.04. The quantitative estimate of drug-likeness (QED) is 0.651. The molecule has 1 radical (unpaired) electrons. The van der Waals surface area contributed by atoms with E-state index in [2.05, 4.69) is 0 Å². The summed E-state index contributed by atoms with van der Waals surface area (Å²) in [5, 5.41) is 2.28. The van der Waals surface area contributed by atoms with Gasteiger partial charge in [0.05, 0.1) is 0 Å². The van der Waals surface area contributed by atoms with Crippen molar-refractivity contribution < 1.29 is 4.79 Å². The van der Waals surface area contributed by atoms with Crippen molar-refractivity contribution in [3.63, 3.8) is 0 Å². The standard InChI is InChI=1S/C12H10BO/c1-13-12(14)11-7-6-9-4-2-3-5-10(9)8-11/h2-8H,1H3. The predicted octanol–water partition coefficient (Wildman–Crippen LogP) is 2.73. The van der Waals surface area contributed by atoms with Gasteiger partial charge in [0.25, 0.3) is 0 Å². The molecule has 2 aromatic carbocycles. The van der Waals surface area contributed by atoms with E-state index in [0.717, 1.165) is 10.9 Å². The fraction of sp³-hybridized carbons (Fsp3) is 0.0833. The van der Waals surface area contributed by atoms with Gasteiger partial charge in [-0.25, -0.2) is 0 Å². The molecule has 0 amide bonds. The minimum atomic E-state index is 0.0794. The molecule has 0 heterocycles. The van der Waals surface area contributed by atoms with E-state index in [4.69, 9.17) is 0 Å². The molecule has 0 saturated heterocycles. The average molecular weight is 181 g/mol. The van der Waals surface area contributed by atoms with Crippen LogP contribution in [0, 0.1) is 0 Å². The number of carbonyl (C=O) groups excluding carboxylic acids is 1. The molecule has 0 unspecified atom stereocenters. The van der Waals surface area contributed by atoms with Crippen molar-refractivity contribution in [2.24, 2.45) is 0 Å². The van der Waals surface area contributed by atoms with Crippen LogP contribution in [0.3, 0.4) is 0 Å². The van der Waals surface area contributed by atoms with Gasteiger partial charge >= 0.3 is 0 Å². The fourth-order valence-corrected chi connectivity index (χ4v) is 1.51. The van der Waals surface area contributed by atoms with E-state index in [0.29, 0.717) is 0 Å². The Morgan fingerprint density at radius 3 is 2.50 bits per heavy atom. The lowest BCUT2D eigenvalue weighted by Gasteiger charge is -2.00. The second kappa shape index (κ2) is 3.66. The molecule has 0 atom stereocenters. The highest BCUT2D eigenvalue weighted by Crippen LogP contribution is 2.15. The normalized spacial score (nSPS) is 10.1. The Morgan fingerprint density at radius 2 is 1.79 bits per heavy atom. The molecule has 67 valence electrons. The molecule has 0 spiro atoms. The Bertz CT molecular complexity index is 476. The first-order valence-corrected chi connectivity index (χ1v) is 4.64. The van der Waals surface area contributed by atoms with Gasteiger partial charge in [0, 0.05) is 5.56 Å². The first-order chi connectivity index (χ1) is 6.81. The molecule has 0 N–H and O–H groups in total. The largest absolute Gasteiger partial charge is 0.307 e. The number of hydrogen-bond donors (Lipinski definition) is 0. The number of benzene rings is 2. The third kappa shape index (κ3) is 1.56. The molecular weight excluding hydrogens is 171 g/mol. The second-order valence-electron chi connectivity index (χ2n) is 3.21. The molecule has 1 nitrogen and oxygen atoms in total. The maximum Gasteiger partial charge on any atom is 0.205 e. The Balaban J connectivity index is 2.56. The summed E-state index contributed by atoms with van der Waals surface area (Å²) in [5.41, 5.74) is 0.835. The number of hydrogen-bond acceptors (Lipinski definition) is 1. The molecule has 2 rings (SSSR count). The molecule has 0 aromatic heterocycles. The van der Waals surface area contributed by atoms with Crippen molar-refractivity contribution in [2.45, 2.75) is 6.82 Å². The number of rotatable bonds is 2. The van der Waals surface area contributed by atoms with E-state index in [1.807, 2.05) is 42.5 Å². The molecular formula is C12H10BO. The third-order valence-electron chi connectivity index (χ3n) is 2.30. The second-order valence-corrected chi connectivity index (χ2v) is 3.21. The van der Waals surface area contributed by atoms with E-state index in [1.165, 1.54) is 5.39 Å². The molecule has 2 aromatic rings. The summed E-state index contributed by atoms with van der Waals surface area (Å²) in [6.07, 6.45) is 0. The van der Waals surface area contributed by atoms with Gasteiger partial charge in [-0.3, -0.25) is 0 Å². The van der Waals surface area contributed by atoms with Crippen LogP contribution in [0.25, 0.3) is 10.8 Å². The van der Waals surface area contributed by atoms with Gasteiger partial charge in [-0.05, 0) is 16.8 Å². The Labute approximate surface area is 84.0 Å². The summed E-state index contributed by atoms with van der Waals surface area (Å²) in [7, 11) is 1.59. The van der Waals surface area contributed by atoms with Crippen molar-refractivity contribution >= 4 is 23.7 Å². The maximum atomic E-state index is 11.4. The van der Waals surface area contributed by atoms with E-state index < -0.39 is 0 Å². The van der Waals surface area contributed by atoms with Gasteiger partial charge in [0.15, 0.2) is 0 Å². The summed E-state index contributed by atoms with van der Waals surface area (Å²) >= 11 is 0. The number of carbonyl (C=O) groups is 1. The first-order valence-electron chi connectivity index (χ1n) is 4.64. The molecule has 0 aliphatic rings. The Hall–Kier alpha value is -1.57. The van der Waals surface area contributed by atoms with Gasteiger partial charge in [0.1, 0.15) is 5.68 Å². The van der Waals surface area contributed by atoms with Crippen molar-refractivity contribution in [1.82, 2.24) is 0 Å². The number of fused-ring (bicyclic) bond motifs is 1. The minimum absolute atomic E-state index is 0.0794. The van der Waals surface area contributed by atoms with Crippen LogP contribution in [0.2, 0.25) is 6.82 Å². The molecule has 2 heteroatoms. The van der Waals surface area contributed by atoms with Crippen LogP contribution in [0.15, 0.2) is 42.5 Å². The van der Waals surface area contributed by atoms with Crippen molar-refractivity contribution in [3.05, 3.63) is 48.0 Å². The monoisotopic (exact) mass is 181 g/mol. The predicted molar refractivity (Wildman–Crippen MR) is 59.9 cm³/mol. The highest BCUT2D eigenvalue weighted by Gasteiger charge is 2.03.